The van der Waals surface area contributed by atoms with Crippen molar-refractivity contribution in [3.63, 3.8) is 0 Å². The quantitative estimate of drug-likeness (QED) is 0.838. The monoisotopic (exact) mass is 370 g/mol. The van der Waals surface area contributed by atoms with E-state index in [2.05, 4.69) is 5.32 Å². The largest absolute Gasteiger partial charge is 0.462 e. The summed E-state index contributed by atoms with van der Waals surface area (Å²) in [5.74, 6) is -0.960. The number of rotatable bonds is 1. The SMILES string of the molecule is O=C(NC(=O)N1CCC2(CC1)OCc1cc(F)ccc1O2)c1ccccc1. The maximum Gasteiger partial charge on any atom is 0.324 e. The van der Waals surface area contributed by atoms with E-state index in [0.29, 0.717) is 42.8 Å². The zero-order valence-corrected chi connectivity index (χ0v) is 14.6. The van der Waals surface area contributed by atoms with Gasteiger partial charge in [-0.2, -0.15) is 0 Å². The standard InChI is InChI=1S/C20H19FN2O4/c21-16-6-7-17-15(12-16)13-26-20(27-17)8-10-23(11-9-20)19(25)22-18(24)14-4-2-1-3-5-14/h1-7,12H,8-11,13H2,(H,22,24,25). The molecule has 4 rings (SSSR count). The number of carbonyl (C=O) groups is 2. The molecule has 0 bridgehead atoms. The number of hydrogen-bond donors (Lipinski definition) is 1. The third-order valence-corrected chi connectivity index (χ3v) is 4.88. The first kappa shape index (κ1) is 17.5. The first-order valence-corrected chi connectivity index (χ1v) is 8.81. The Labute approximate surface area is 155 Å². The molecule has 140 valence electrons. The van der Waals surface area contributed by atoms with Crippen molar-refractivity contribution in [1.29, 1.82) is 0 Å². The van der Waals surface area contributed by atoms with Crippen LogP contribution in [0.5, 0.6) is 5.75 Å². The van der Waals surface area contributed by atoms with Crippen LogP contribution in [0.25, 0.3) is 0 Å². The number of urea groups is 1. The Morgan fingerprint density at radius 2 is 1.81 bits per heavy atom. The molecule has 2 aromatic carbocycles. The topological polar surface area (TPSA) is 67.9 Å². The molecule has 0 aromatic heterocycles. The number of benzene rings is 2. The highest BCUT2D eigenvalue weighted by atomic mass is 19.1. The van der Waals surface area contributed by atoms with Gasteiger partial charge in [0.2, 0.25) is 5.79 Å². The number of nitrogens with one attached hydrogen (secondary N) is 1. The molecule has 0 atom stereocenters. The summed E-state index contributed by atoms with van der Waals surface area (Å²) in [6.45, 7) is 1.06. The molecule has 0 aliphatic carbocycles. The molecule has 7 heteroatoms. The van der Waals surface area contributed by atoms with Gasteiger partial charge in [-0.1, -0.05) is 18.2 Å². The number of amides is 3. The van der Waals surface area contributed by atoms with Gasteiger partial charge in [0.25, 0.3) is 5.91 Å². The molecule has 1 saturated heterocycles. The van der Waals surface area contributed by atoms with E-state index >= 15 is 0 Å². The molecule has 2 aliphatic rings. The van der Waals surface area contributed by atoms with Crippen molar-refractivity contribution in [2.75, 3.05) is 13.1 Å². The lowest BCUT2D eigenvalue weighted by molar-refractivity contribution is -0.225. The van der Waals surface area contributed by atoms with Crippen LogP contribution in [0.2, 0.25) is 0 Å². The second kappa shape index (κ2) is 7.00. The zero-order valence-electron chi connectivity index (χ0n) is 14.6. The van der Waals surface area contributed by atoms with E-state index in [-0.39, 0.29) is 12.4 Å². The number of piperidine rings is 1. The Balaban J connectivity index is 1.35. The summed E-state index contributed by atoms with van der Waals surface area (Å²) in [5, 5.41) is 2.40. The van der Waals surface area contributed by atoms with Crippen LogP contribution < -0.4 is 10.1 Å². The van der Waals surface area contributed by atoms with E-state index in [4.69, 9.17) is 9.47 Å². The van der Waals surface area contributed by atoms with E-state index in [1.807, 2.05) is 0 Å². The van der Waals surface area contributed by atoms with Gasteiger partial charge in [0.05, 0.1) is 6.61 Å². The minimum Gasteiger partial charge on any atom is -0.462 e. The molecular weight excluding hydrogens is 351 g/mol. The average Bonchev–Trinajstić information content (AvgIpc) is 2.69. The third-order valence-electron chi connectivity index (χ3n) is 4.88. The summed E-state index contributed by atoms with van der Waals surface area (Å²) in [7, 11) is 0. The van der Waals surface area contributed by atoms with Gasteiger partial charge in [0.15, 0.2) is 0 Å². The number of hydrogen-bond acceptors (Lipinski definition) is 4. The van der Waals surface area contributed by atoms with Crippen LogP contribution in [0.3, 0.4) is 0 Å². The molecule has 1 N–H and O–H groups in total. The minimum atomic E-state index is -0.814. The Morgan fingerprint density at radius 1 is 1.07 bits per heavy atom. The average molecular weight is 370 g/mol. The zero-order chi connectivity index (χ0) is 18.9. The van der Waals surface area contributed by atoms with Crippen molar-refractivity contribution < 1.29 is 23.5 Å². The first-order valence-electron chi connectivity index (χ1n) is 8.81. The molecule has 3 amide bonds. The number of ether oxygens (including phenoxy) is 2. The molecule has 0 radical (unpaired) electrons. The van der Waals surface area contributed by atoms with Gasteiger partial charge in [-0.25, -0.2) is 9.18 Å². The van der Waals surface area contributed by atoms with Crippen molar-refractivity contribution in [2.24, 2.45) is 0 Å². The van der Waals surface area contributed by atoms with Crippen LogP contribution in [-0.4, -0.2) is 35.7 Å². The molecule has 1 fully saturated rings. The molecule has 6 nitrogen and oxygen atoms in total. The van der Waals surface area contributed by atoms with E-state index in [0.717, 1.165) is 0 Å². The number of imide groups is 1. The minimum absolute atomic E-state index is 0.270. The molecule has 2 aliphatic heterocycles. The summed E-state index contributed by atoms with van der Waals surface area (Å²) in [6, 6.07) is 12.5. The third kappa shape index (κ3) is 3.64. The molecule has 0 unspecified atom stereocenters. The summed E-state index contributed by atoms with van der Waals surface area (Å²) in [5.41, 5.74) is 1.11. The highest BCUT2D eigenvalue weighted by Gasteiger charge is 2.42. The van der Waals surface area contributed by atoms with Crippen molar-refractivity contribution in [2.45, 2.75) is 25.2 Å². The number of likely N-dealkylation sites (tertiary alicyclic amines) is 1. The summed E-state index contributed by atoms with van der Waals surface area (Å²) in [6.07, 6.45) is 0.938. The fourth-order valence-corrected chi connectivity index (χ4v) is 3.33. The van der Waals surface area contributed by atoms with Gasteiger partial charge in [0, 0.05) is 37.1 Å². The lowest BCUT2D eigenvalue weighted by Crippen LogP contribution is -2.54. The predicted octanol–water partition coefficient (Wildman–Crippen LogP) is 3.08. The molecule has 2 heterocycles. The number of fused-ring (bicyclic) bond motifs is 1. The fourth-order valence-electron chi connectivity index (χ4n) is 3.33. The number of carbonyl (C=O) groups excluding carboxylic acids is 2. The van der Waals surface area contributed by atoms with Crippen molar-refractivity contribution in [3.05, 3.63) is 65.5 Å². The Kier molecular flexibility index (Phi) is 4.53. The molecule has 0 saturated carbocycles. The Morgan fingerprint density at radius 3 is 2.56 bits per heavy atom. The van der Waals surface area contributed by atoms with Gasteiger partial charge in [0.1, 0.15) is 11.6 Å². The van der Waals surface area contributed by atoms with Crippen LogP contribution in [0.15, 0.2) is 48.5 Å². The number of nitrogens with zero attached hydrogens (tertiary/aromatic N) is 1. The lowest BCUT2D eigenvalue weighted by atomic mass is 10.0. The van der Waals surface area contributed by atoms with Crippen LogP contribution >= 0.6 is 0 Å². The molecule has 27 heavy (non-hydrogen) atoms. The Hall–Kier alpha value is -2.93. The molecular formula is C20H19FN2O4. The van der Waals surface area contributed by atoms with E-state index < -0.39 is 17.7 Å². The van der Waals surface area contributed by atoms with E-state index in [9.17, 15) is 14.0 Å². The fraction of sp³-hybridized carbons (Fsp3) is 0.300. The summed E-state index contributed by atoms with van der Waals surface area (Å²) >= 11 is 0. The van der Waals surface area contributed by atoms with Gasteiger partial charge in [-0.05, 0) is 30.3 Å². The van der Waals surface area contributed by atoms with Gasteiger partial charge in [-0.3, -0.25) is 10.1 Å². The highest BCUT2D eigenvalue weighted by Crippen LogP contribution is 2.37. The van der Waals surface area contributed by atoms with Crippen LogP contribution in [0.1, 0.15) is 28.8 Å². The molecule has 1 spiro atoms. The van der Waals surface area contributed by atoms with Crippen LogP contribution in [0, 0.1) is 5.82 Å². The smallest absolute Gasteiger partial charge is 0.324 e. The van der Waals surface area contributed by atoms with Crippen molar-refractivity contribution in [3.8, 4) is 5.75 Å². The van der Waals surface area contributed by atoms with Crippen molar-refractivity contribution >= 4 is 11.9 Å². The van der Waals surface area contributed by atoms with E-state index in [1.54, 1.807) is 41.3 Å². The van der Waals surface area contributed by atoms with Gasteiger partial charge < -0.3 is 14.4 Å². The number of halogens is 1. The second-order valence-corrected chi connectivity index (χ2v) is 6.67. The second-order valence-electron chi connectivity index (χ2n) is 6.67. The maximum atomic E-state index is 13.3. The Bertz CT molecular complexity index is 864. The maximum absolute atomic E-state index is 13.3. The molecule has 2 aromatic rings. The van der Waals surface area contributed by atoms with Gasteiger partial charge >= 0.3 is 6.03 Å². The van der Waals surface area contributed by atoms with E-state index in [1.165, 1.54) is 12.1 Å². The first-order chi connectivity index (χ1) is 13.0. The summed E-state index contributed by atoms with van der Waals surface area (Å²) in [4.78, 5) is 26.0. The van der Waals surface area contributed by atoms with Crippen molar-refractivity contribution in [1.82, 2.24) is 10.2 Å². The predicted molar refractivity (Wildman–Crippen MR) is 94.7 cm³/mol. The summed E-state index contributed by atoms with van der Waals surface area (Å²) < 4.78 is 25.1. The van der Waals surface area contributed by atoms with Gasteiger partial charge in [-0.15, -0.1) is 0 Å². The highest BCUT2D eigenvalue weighted by molar-refractivity contribution is 6.04. The van der Waals surface area contributed by atoms with Crippen LogP contribution in [0.4, 0.5) is 9.18 Å². The van der Waals surface area contributed by atoms with Crippen LogP contribution in [-0.2, 0) is 11.3 Å². The normalized spacial score (nSPS) is 17.7. The lowest BCUT2D eigenvalue weighted by Gasteiger charge is -2.43.